The molecule has 0 heterocycles. The van der Waals surface area contributed by atoms with Crippen molar-refractivity contribution in [2.24, 2.45) is 0 Å². The Bertz CT molecular complexity index is 394. The first kappa shape index (κ1) is 16.9. The number of hydrogen-bond donors (Lipinski definition) is 1. The Kier molecular flexibility index (Phi) is 7.55. The van der Waals surface area contributed by atoms with E-state index in [1.54, 1.807) is 19.2 Å². The summed E-state index contributed by atoms with van der Waals surface area (Å²) >= 11 is 0. The molecule has 1 atom stereocenters. The molecule has 1 aromatic carbocycles. The van der Waals surface area contributed by atoms with Crippen LogP contribution in [0.25, 0.3) is 0 Å². The van der Waals surface area contributed by atoms with Crippen LogP contribution in [-0.4, -0.2) is 38.2 Å². The Morgan fingerprint density at radius 1 is 1.25 bits per heavy atom. The maximum Gasteiger partial charge on any atom is 0.123 e. The third kappa shape index (κ3) is 4.76. The molecule has 0 saturated heterocycles. The first-order chi connectivity index (χ1) is 9.65. The molecule has 0 aliphatic heterocycles. The molecule has 114 valence electrons. The van der Waals surface area contributed by atoms with Gasteiger partial charge in [-0.15, -0.1) is 0 Å². The minimum Gasteiger partial charge on any atom is -0.496 e. The number of nitrogens with one attached hydrogen (secondary N) is 1. The SMILES string of the molecule is CCNC(CCN(CC)CC)c1cc(F)ccc1OC. The minimum absolute atomic E-state index is 0.117. The fourth-order valence-corrected chi connectivity index (χ4v) is 2.44. The van der Waals surface area contributed by atoms with Gasteiger partial charge in [0.1, 0.15) is 11.6 Å². The molecule has 4 heteroatoms. The van der Waals surface area contributed by atoms with E-state index in [9.17, 15) is 4.39 Å². The Labute approximate surface area is 122 Å². The molecule has 1 aromatic rings. The molecular weight excluding hydrogens is 255 g/mol. The normalized spacial score (nSPS) is 12.7. The van der Waals surface area contributed by atoms with Crippen molar-refractivity contribution in [1.82, 2.24) is 10.2 Å². The maximum atomic E-state index is 13.5. The summed E-state index contributed by atoms with van der Waals surface area (Å²) in [5, 5.41) is 3.43. The van der Waals surface area contributed by atoms with Crippen LogP contribution >= 0.6 is 0 Å². The van der Waals surface area contributed by atoms with Gasteiger partial charge in [-0.25, -0.2) is 4.39 Å². The highest BCUT2D eigenvalue weighted by molar-refractivity contribution is 5.36. The summed E-state index contributed by atoms with van der Waals surface area (Å²) in [6.45, 7) is 10.3. The second kappa shape index (κ2) is 8.93. The van der Waals surface area contributed by atoms with E-state index in [0.717, 1.165) is 43.9 Å². The first-order valence-electron chi connectivity index (χ1n) is 7.45. The van der Waals surface area contributed by atoms with E-state index in [0.29, 0.717) is 0 Å². The molecule has 0 aromatic heterocycles. The topological polar surface area (TPSA) is 24.5 Å². The highest BCUT2D eigenvalue weighted by atomic mass is 19.1. The van der Waals surface area contributed by atoms with Crippen molar-refractivity contribution in [2.75, 3.05) is 33.3 Å². The van der Waals surface area contributed by atoms with E-state index in [1.807, 2.05) is 0 Å². The van der Waals surface area contributed by atoms with Gasteiger partial charge in [-0.05, 0) is 50.8 Å². The summed E-state index contributed by atoms with van der Waals surface area (Å²) in [5.41, 5.74) is 0.904. The van der Waals surface area contributed by atoms with Gasteiger partial charge in [0.25, 0.3) is 0 Å². The van der Waals surface area contributed by atoms with E-state index in [-0.39, 0.29) is 11.9 Å². The molecule has 3 nitrogen and oxygen atoms in total. The summed E-state index contributed by atoms with van der Waals surface area (Å²) < 4.78 is 18.9. The molecule has 0 amide bonds. The highest BCUT2D eigenvalue weighted by Crippen LogP contribution is 2.28. The molecule has 0 aliphatic rings. The van der Waals surface area contributed by atoms with Crippen molar-refractivity contribution in [3.05, 3.63) is 29.6 Å². The number of halogens is 1. The predicted octanol–water partition coefficient (Wildman–Crippen LogP) is 3.22. The molecule has 0 aliphatic carbocycles. The Morgan fingerprint density at radius 3 is 2.50 bits per heavy atom. The van der Waals surface area contributed by atoms with Crippen LogP contribution in [0.2, 0.25) is 0 Å². The molecule has 0 saturated carbocycles. The number of rotatable bonds is 9. The number of hydrogen-bond acceptors (Lipinski definition) is 3. The molecule has 1 unspecified atom stereocenters. The summed E-state index contributed by atoms with van der Waals surface area (Å²) in [7, 11) is 1.63. The first-order valence-corrected chi connectivity index (χ1v) is 7.45. The summed E-state index contributed by atoms with van der Waals surface area (Å²) in [4.78, 5) is 2.37. The van der Waals surface area contributed by atoms with Crippen molar-refractivity contribution in [2.45, 2.75) is 33.2 Å². The van der Waals surface area contributed by atoms with Crippen LogP contribution in [0.4, 0.5) is 4.39 Å². The lowest BCUT2D eigenvalue weighted by molar-refractivity contribution is 0.280. The van der Waals surface area contributed by atoms with Gasteiger partial charge in [0.2, 0.25) is 0 Å². The van der Waals surface area contributed by atoms with Crippen molar-refractivity contribution >= 4 is 0 Å². The summed E-state index contributed by atoms with van der Waals surface area (Å²) in [6.07, 6.45) is 0.940. The largest absolute Gasteiger partial charge is 0.496 e. The number of benzene rings is 1. The third-order valence-corrected chi connectivity index (χ3v) is 3.65. The lowest BCUT2D eigenvalue weighted by Gasteiger charge is -2.25. The molecule has 0 spiro atoms. The molecule has 0 radical (unpaired) electrons. The van der Waals surface area contributed by atoms with E-state index in [2.05, 4.69) is 31.0 Å². The van der Waals surface area contributed by atoms with Crippen LogP contribution in [0.5, 0.6) is 5.75 Å². The zero-order chi connectivity index (χ0) is 15.0. The smallest absolute Gasteiger partial charge is 0.123 e. The zero-order valence-electron chi connectivity index (χ0n) is 13.1. The fourth-order valence-electron chi connectivity index (χ4n) is 2.44. The van der Waals surface area contributed by atoms with Gasteiger partial charge in [-0.1, -0.05) is 20.8 Å². The Morgan fingerprint density at radius 2 is 1.95 bits per heavy atom. The minimum atomic E-state index is -0.216. The Balaban J connectivity index is 2.86. The van der Waals surface area contributed by atoms with Gasteiger partial charge in [0.15, 0.2) is 0 Å². The van der Waals surface area contributed by atoms with Crippen molar-refractivity contribution in [3.63, 3.8) is 0 Å². The van der Waals surface area contributed by atoms with E-state index in [1.165, 1.54) is 6.07 Å². The molecular formula is C16H27FN2O. The lowest BCUT2D eigenvalue weighted by atomic mass is 10.0. The lowest BCUT2D eigenvalue weighted by Crippen LogP contribution is -2.29. The van der Waals surface area contributed by atoms with Gasteiger partial charge >= 0.3 is 0 Å². The van der Waals surface area contributed by atoms with Gasteiger partial charge < -0.3 is 15.0 Å². The van der Waals surface area contributed by atoms with Crippen molar-refractivity contribution < 1.29 is 9.13 Å². The zero-order valence-corrected chi connectivity index (χ0v) is 13.1. The molecule has 20 heavy (non-hydrogen) atoms. The second-order valence-corrected chi connectivity index (χ2v) is 4.81. The van der Waals surface area contributed by atoms with Gasteiger partial charge in [0.05, 0.1) is 7.11 Å². The molecule has 1 N–H and O–H groups in total. The van der Waals surface area contributed by atoms with Gasteiger partial charge in [-0.3, -0.25) is 0 Å². The molecule has 1 rings (SSSR count). The second-order valence-electron chi connectivity index (χ2n) is 4.81. The standard InChI is InChI=1S/C16H27FN2O/c1-5-18-15(10-11-19(6-2)7-3)14-12-13(17)8-9-16(14)20-4/h8-9,12,15,18H,5-7,10-11H2,1-4H3. The van der Waals surface area contributed by atoms with Crippen LogP contribution in [0.3, 0.4) is 0 Å². The van der Waals surface area contributed by atoms with Crippen LogP contribution < -0.4 is 10.1 Å². The number of methoxy groups -OCH3 is 1. The predicted molar refractivity (Wildman–Crippen MR) is 81.8 cm³/mol. The highest BCUT2D eigenvalue weighted by Gasteiger charge is 2.17. The van der Waals surface area contributed by atoms with Crippen molar-refractivity contribution in [3.8, 4) is 5.75 Å². The summed E-state index contributed by atoms with van der Waals surface area (Å²) in [6, 6.07) is 4.84. The third-order valence-electron chi connectivity index (χ3n) is 3.65. The van der Waals surface area contributed by atoms with Gasteiger partial charge in [-0.2, -0.15) is 0 Å². The maximum absolute atomic E-state index is 13.5. The Hall–Kier alpha value is -1.13. The van der Waals surface area contributed by atoms with E-state index < -0.39 is 0 Å². The van der Waals surface area contributed by atoms with E-state index in [4.69, 9.17) is 4.74 Å². The summed E-state index contributed by atoms with van der Waals surface area (Å²) in [5.74, 6) is 0.531. The molecule has 0 fully saturated rings. The van der Waals surface area contributed by atoms with Crippen molar-refractivity contribution in [1.29, 1.82) is 0 Å². The monoisotopic (exact) mass is 282 g/mol. The molecule has 0 bridgehead atoms. The van der Waals surface area contributed by atoms with Crippen LogP contribution in [0.15, 0.2) is 18.2 Å². The average Bonchev–Trinajstić information content (AvgIpc) is 2.47. The quantitative estimate of drug-likeness (QED) is 0.752. The van der Waals surface area contributed by atoms with Crippen LogP contribution in [-0.2, 0) is 0 Å². The average molecular weight is 282 g/mol. The van der Waals surface area contributed by atoms with Crippen LogP contribution in [0.1, 0.15) is 38.8 Å². The number of nitrogens with zero attached hydrogens (tertiary/aromatic N) is 1. The number of ether oxygens (including phenoxy) is 1. The van der Waals surface area contributed by atoms with E-state index >= 15 is 0 Å². The van der Waals surface area contributed by atoms with Gasteiger partial charge in [0, 0.05) is 11.6 Å². The van der Waals surface area contributed by atoms with Crippen LogP contribution in [0, 0.1) is 5.82 Å². The fraction of sp³-hybridized carbons (Fsp3) is 0.625.